The highest BCUT2D eigenvalue weighted by atomic mass is 32.2. The summed E-state index contributed by atoms with van der Waals surface area (Å²) in [6.07, 6.45) is 1.99. The summed E-state index contributed by atoms with van der Waals surface area (Å²) in [6.45, 7) is 0.812. The standard InChI is InChI=1S/C17H21F3N2O4S/c18-14-7-13(26-16(19)20)1-2-15(14)27(23,24)22-10-17(11-22)8-21(9-17)12-3-5-25-6-4-12/h1-2,7,12,16H,3-6,8-11H2. The van der Waals surface area contributed by atoms with Crippen LogP contribution in [0.5, 0.6) is 5.75 Å². The van der Waals surface area contributed by atoms with Crippen LogP contribution in [0.2, 0.25) is 0 Å². The van der Waals surface area contributed by atoms with E-state index in [1.807, 2.05) is 0 Å². The molecule has 0 saturated carbocycles. The zero-order valence-electron chi connectivity index (χ0n) is 14.6. The van der Waals surface area contributed by atoms with Crippen molar-refractivity contribution in [3.05, 3.63) is 24.0 Å². The minimum absolute atomic E-state index is 0.0550. The van der Waals surface area contributed by atoms with Crippen molar-refractivity contribution < 1.29 is 31.1 Å². The average molecular weight is 406 g/mol. The van der Waals surface area contributed by atoms with Gasteiger partial charge in [-0.1, -0.05) is 0 Å². The Bertz CT molecular complexity index is 800. The Morgan fingerprint density at radius 1 is 1.15 bits per heavy atom. The lowest BCUT2D eigenvalue weighted by molar-refractivity contribution is -0.116. The van der Waals surface area contributed by atoms with Gasteiger partial charge in [-0.3, -0.25) is 4.90 Å². The molecule has 10 heteroatoms. The Morgan fingerprint density at radius 2 is 1.81 bits per heavy atom. The smallest absolute Gasteiger partial charge is 0.387 e. The lowest BCUT2D eigenvalue weighted by Gasteiger charge is -2.61. The Morgan fingerprint density at radius 3 is 2.41 bits per heavy atom. The number of hydrogen-bond donors (Lipinski definition) is 0. The van der Waals surface area contributed by atoms with E-state index in [1.54, 1.807) is 0 Å². The molecule has 1 spiro atoms. The van der Waals surface area contributed by atoms with Gasteiger partial charge in [-0.05, 0) is 25.0 Å². The molecule has 3 aliphatic heterocycles. The van der Waals surface area contributed by atoms with Gasteiger partial charge < -0.3 is 9.47 Å². The summed E-state index contributed by atoms with van der Waals surface area (Å²) in [5, 5.41) is 0. The third-order valence-corrected chi connectivity index (χ3v) is 7.38. The van der Waals surface area contributed by atoms with E-state index in [-0.39, 0.29) is 5.41 Å². The van der Waals surface area contributed by atoms with Crippen LogP contribution in [-0.2, 0) is 14.8 Å². The Hall–Kier alpha value is -1.36. The van der Waals surface area contributed by atoms with Crippen molar-refractivity contribution >= 4 is 10.0 Å². The van der Waals surface area contributed by atoms with Crippen LogP contribution in [0.25, 0.3) is 0 Å². The molecule has 1 aromatic carbocycles. The zero-order chi connectivity index (χ0) is 19.2. The van der Waals surface area contributed by atoms with Crippen molar-refractivity contribution in [3.8, 4) is 5.75 Å². The van der Waals surface area contributed by atoms with Gasteiger partial charge in [-0.15, -0.1) is 0 Å². The molecule has 3 heterocycles. The monoisotopic (exact) mass is 406 g/mol. The van der Waals surface area contributed by atoms with Gasteiger partial charge >= 0.3 is 6.61 Å². The third-order valence-electron chi connectivity index (χ3n) is 5.55. The van der Waals surface area contributed by atoms with Crippen LogP contribution in [-0.4, -0.2) is 69.7 Å². The first kappa shape index (κ1) is 19.0. The van der Waals surface area contributed by atoms with E-state index >= 15 is 0 Å². The van der Waals surface area contributed by atoms with Crippen molar-refractivity contribution in [2.75, 3.05) is 39.4 Å². The summed E-state index contributed by atoms with van der Waals surface area (Å²) in [5.41, 5.74) is -0.0550. The maximum Gasteiger partial charge on any atom is 0.387 e. The average Bonchev–Trinajstić information content (AvgIpc) is 2.52. The van der Waals surface area contributed by atoms with Crippen LogP contribution in [0.4, 0.5) is 13.2 Å². The fourth-order valence-corrected chi connectivity index (χ4v) is 5.91. The van der Waals surface area contributed by atoms with Gasteiger partial charge in [0.15, 0.2) is 0 Å². The van der Waals surface area contributed by atoms with Gasteiger partial charge in [0, 0.05) is 56.9 Å². The minimum Gasteiger partial charge on any atom is -0.435 e. The summed E-state index contributed by atoms with van der Waals surface area (Å²) in [5.74, 6) is -1.50. The van der Waals surface area contributed by atoms with Crippen molar-refractivity contribution in [2.45, 2.75) is 30.4 Å². The van der Waals surface area contributed by atoms with Gasteiger partial charge in [0.05, 0.1) is 0 Å². The van der Waals surface area contributed by atoms with Crippen LogP contribution in [0.3, 0.4) is 0 Å². The minimum atomic E-state index is -3.99. The highest BCUT2D eigenvalue weighted by molar-refractivity contribution is 7.89. The summed E-state index contributed by atoms with van der Waals surface area (Å²) >= 11 is 0. The number of ether oxygens (including phenoxy) is 2. The lowest BCUT2D eigenvalue weighted by atomic mass is 9.73. The molecule has 0 radical (unpaired) electrons. The molecular formula is C17H21F3N2O4S. The van der Waals surface area contributed by atoms with E-state index in [4.69, 9.17) is 4.74 Å². The normalized spacial score (nSPS) is 24.0. The number of likely N-dealkylation sites (tertiary alicyclic amines) is 1. The molecule has 27 heavy (non-hydrogen) atoms. The van der Waals surface area contributed by atoms with Gasteiger partial charge in [0.1, 0.15) is 16.5 Å². The quantitative estimate of drug-likeness (QED) is 0.748. The summed E-state index contributed by atoms with van der Waals surface area (Å²) in [4.78, 5) is 1.85. The zero-order valence-corrected chi connectivity index (χ0v) is 15.4. The predicted octanol–water partition coefficient (Wildman–Crippen LogP) is 1.91. The predicted molar refractivity (Wildman–Crippen MR) is 89.6 cm³/mol. The topological polar surface area (TPSA) is 59.1 Å². The second-order valence-corrected chi connectivity index (χ2v) is 9.40. The van der Waals surface area contributed by atoms with E-state index in [0.717, 1.165) is 51.3 Å². The van der Waals surface area contributed by atoms with E-state index in [9.17, 15) is 21.6 Å². The summed E-state index contributed by atoms with van der Waals surface area (Å²) in [6, 6.07) is 3.18. The molecule has 3 fully saturated rings. The molecule has 0 aliphatic carbocycles. The van der Waals surface area contributed by atoms with Crippen LogP contribution in [0.1, 0.15) is 12.8 Å². The molecule has 4 rings (SSSR count). The summed E-state index contributed by atoms with van der Waals surface area (Å²) in [7, 11) is -3.99. The first-order valence-electron chi connectivity index (χ1n) is 8.85. The molecule has 0 atom stereocenters. The maximum atomic E-state index is 14.2. The number of rotatable bonds is 5. The Kier molecular flexibility index (Phi) is 4.86. The highest BCUT2D eigenvalue weighted by Crippen LogP contribution is 2.44. The SMILES string of the molecule is O=S(=O)(c1ccc(OC(F)F)cc1F)N1CC2(CN(C3CCOCC3)C2)C1. The van der Waals surface area contributed by atoms with Crippen LogP contribution in [0.15, 0.2) is 23.1 Å². The molecule has 0 bridgehead atoms. The maximum absolute atomic E-state index is 14.2. The van der Waals surface area contributed by atoms with E-state index in [1.165, 1.54) is 4.31 Å². The number of halogens is 3. The van der Waals surface area contributed by atoms with Crippen LogP contribution < -0.4 is 4.74 Å². The summed E-state index contributed by atoms with van der Waals surface area (Å²) < 4.78 is 74.5. The van der Waals surface area contributed by atoms with Crippen molar-refractivity contribution in [1.82, 2.24) is 9.21 Å². The van der Waals surface area contributed by atoms with Gasteiger partial charge in [0.2, 0.25) is 10.0 Å². The molecular weight excluding hydrogens is 385 g/mol. The van der Waals surface area contributed by atoms with Crippen LogP contribution >= 0.6 is 0 Å². The number of alkyl halides is 2. The van der Waals surface area contributed by atoms with Crippen molar-refractivity contribution in [3.63, 3.8) is 0 Å². The first-order chi connectivity index (χ1) is 12.8. The van der Waals surface area contributed by atoms with E-state index in [0.29, 0.717) is 25.2 Å². The fourth-order valence-electron chi connectivity index (χ4n) is 4.20. The molecule has 150 valence electrons. The lowest BCUT2D eigenvalue weighted by Crippen LogP contribution is -2.74. The Balaban J connectivity index is 1.37. The second-order valence-electron chi connectivity index (χ2n) is 7.49. The molecule has 1 aromatic rings. The van der Waals surface area contributed by atoms with E-state index < -0.39 is 33.1 Å². The van der Waals surface area contributed by atoms with Gasteiger partial charge in [0.25, 0.3) is 0 Å². The molecule has 3 saturated heterocycles. The molecule has 0 amide bonds. The van der Waals surface area contributed by atoms with Crippen molar-refractivity contribution in [1.29, 1.82) is 0 Å². The highest BCUT2D eigenvalue weighted by Gasteiger charge is 2.56. The van der Waals surface area contributed by atoms with Gasteiger partial charge in [-0.25, -0.2) is 12.8 Å². The molecule has 3 aliphatic rings. The number of nitrogens with zero attached hydrogens (tertiary/aromatic N) is 2. The molecule has 0 unspecified atom stereocenters. The van der Waals surface area contributed by atoms with Gasteiger partial charge in [-0.2, -0.15) is 13.1 Å². The fraction of sp³-hybridized carbons (Fsp3) is 0.647. The second kappa shape index (κ2) is 6.91. The molecule has 0 N–H and O–H groups in total. The largest absolute Gasteiger partial charge is 0.435 e. The first-order valence-corrected chi connectivity index (χ1v) is 10.3. The third kappa shape index (κ3) is 3.55. The van der Waals surface area contributed by atoms with Crippen LogP contribution in [0, 0.1) is 11.2 Å². The molecule has 0 aromatic heterocycles. The van der Waals surface area contributed by atoms with E-state index in [2.05, 4.69) is 9.64 Å². The number of benzene rings is 1. The van der Waals surface area contributed by atoms with Crippen molar-refractivity contribution in [2.24, 2.45) is 5.41 Å². The number of hydrogen-bond acceptors (Lipinski definition) is 5. The Labute approximate surface area is 155 Å². The number of sulfonamides is 1. The molecule has 6 nitrogen and oxygen atoms in total.